The van der Waals surface area contributed by atoms with E-state index in [0.29, 0.717) is 9.33 Å². The molecule has 0 unspecified atom stereocenters. The monoisotopic (exact) mass is 323 g/mol. The fourth-order valence-electron chi connectivity index (χ4n) is 0.908. The molecule has 17 heavy (non-hydrogen) atoms. The molecule has 0 fully saturated rings. The quantitative estimate of drug-likeness (QED) is 0.648. The van der Waals surface area contributed by atoms with E-state index < -0.39 is 10.0 Å². The third-order valence-corrected chi connectivity index (χ3v) is 2.82. The first-order chi connectivity index (χ1) is 7.29. The number of halogens is 5. The largest absolute Gasteiger partial charge is 0.464 e. The third kappa shape index (κ3) is 5.63. The summed E-state index contributed by atoms with van der Waals surface area (Å²) in [5, 5.41) is 9.18. The van der Waals surface area contributed by atoms with Crippen LogP contribution in [-0.4, -0.2) is 15.1 Å². The van der Waals surface area contributed by atoms with Crippen LogP contribution in [0.2, 0.25) is 5.02 Å². The highest BCUT2D eigenvalue weighted by molar-refractivity contribution is 8.04. The molecule has 9 heteroatoms. The summed E-state index contributed by atoms with van der Waals surface area (Å²) in [5.74, 6) is 0. The molecule has 1 rings (SSSR count). The SMILES string of the molecule is F.O=C(O)N(SC(F)(Cl)Cl)c1cccc(Cl)c1. The topological polar surface area (TPSA) is 40.5 Å². The van der Waals surface area contributed by atoms with Gasteiger partial charge in [-0.15, -0.1) is 0 Å². The van der Waals surface area contributed by atoms with E-state index in [1.165, 1.54) is 18.2 Å². The second-order valence-electron chi connectivity index (χ2n) is 2.59. The van der Waals surface area contributed by atoms with Crippen molar-refractivity contribution in [1.29, 1.82) is 0 Å². The molecule has 96 valence electrons. The zero-order valence-electron chi connectivity index (χ0n) is 7.94. The van der Waals surface area contributed by atoms with E-state index in [-0.39, 0.29) is 22.3 Å². The van der Waals surface area contributed by atoms with Crippen molar-refractivity contribution in [3.8, 4) is 0 Å². The zero-order chi connectivity index (χ0) is 12.3. The maximum absolute atomic E-state index is 12.9. The van der Waals surface area contributed by atoms with E-state index in [1.54, 1.807) is 6.07 Å². The highest BCUT2D eigenvalue weighted by atomic mass is 35.5. The fraction of sp³-hybridized carbons (Fsp3) is 0.125. The Bertz CT molecular complexity index is 403. The molecule has 1 aromatic carbocycles. The highest BCUT2D eigenvalue weighted by Gasteiger charge is 2.31. The summed E-state index contributed by atoms with van der Waals surface area (Å²) in [6.45, 7) is 0. The molecule has 0 aliphatic heterocycles. The third-order valence-electron chi connectivity index (χ3n) is 1.41. The van der Waals surface area contributed by atoms with Crippen LogP contribution in [0.3, 0.4) is 0 Å². The molecule has 0 heterocycles. The van der Waals surface area contributed by atoms with Crippen LogP contribution in [0.15, 0.2) is 24.3 Å². The van der Waals surface area contributed by atoms with E-state index in [4.69, 9.17) is 39.9 Å². The Balaban J connectivity index is 0.00000256. The predicted molar refractivity (Wildman–Crippen MR) is 67.6 cm³/mol. The minimum absolute atomic E-state index is 0. The van der Waals surface area contributed by atoms with Crippen molar-refractivity contribution in [2.24, 2.45) is 0 Å². The van der Waals surface area contributed by atoms with Crippen LogP contribution in [0.1, 0.15) is 0 Å². The van der Waals surface area contributed by atoms with Crippen molar-refractivity contribution in [2.75, 3.05) is 4.31 Å². The number of hydrogen-bond acceptors (Lipinski definition) is 2. The van der Waals surface area contributed by atoms with E-state index in [0.717, 1.165) is 0 Å². The Labute approximate surface area is 115 Å². The Morgan fingerprint density at radius 1 is 1.47 bits per heavy atom. The Kier molecular flexibility index (Phi) is 6.32. The summed E-state index contributed by atoms with van der Waals surface area (Å²) in [5.41, 5.74) is 0.160. The first kappa shape index (κ1) is 16.6. The minimum atomic E-state index is -2.74. The summed E-state index contributed by atoms with van der Waals surface area (Å²) in [6, 6.07) is 5.87. The number of anilines is 1. The normalized spacial score (nSPS) is 10.6. The van der Waals surface area contributed by atoms with Crippen LogP contribution in [-0.2, 0) is 0 Å². The van der Waals surface area contributed by atoms with Gasteiger partial charge < -0.3 is 5.11 Å². The van der Waals surface area contributed by atoms with Gasteiger partial charge in [0.2, 0.25) is 0 Å². The van der Waals surface area contributed by atoms with Gasteiger partial charge in [-0.05, 0) is 18.2 Å². The maximum Gasteiger partial charge on any atom is 0.422 e. The lowest BCUT2D eigenvalue weighted by molar-refractivity contribution is 0.206. The maximum atomic E-state index is 12.9. The van der Waals surface area contributed by atoms with Gasteiger partial charge >= 0.3 is 10.0 Å². The molecule has 3 nitrogen and oxygen atoms in total. The van der Waals surface area contributed by atoms with Crippen molar-refractivity contribution in [3.63, 3.8) is 0 Å². The molecule has 0 atom stereocenters. The van der Waals surface area contributed by atoms with Crippen LogP contribution >= 0.6 is 46.8 Å². The first-order valence-electron chi connectivity index (χ1n) is 3.84. The number of nitrogens with zero attached hydrogens (tertiary/aromatic N) is 1. The molecule has 0 saturated heterocycles. The van der Waals surface area contributed by atoms with Crippen molar-refractivity contribution >= 4 is 58.5 Å². The summed E-state index contributed by atoms with van der Waals surface area (Å²) < 4.78 is 10.8. The lowest BCUT2D eigenvalue weighted by Crippen LogP contribution is -2.25. The van der Waals surface area contributed by atoms with E-state index >= 15 is 0 Å². The summed E-state index contributed by atoms with van der Waals surface area (Å²) in [7, 11) is 0. The van der Waals surface area contributed by atoms with Gasteiger partial charge in [-0.3, -0.25) is 4.70 Å². The molecule has 0 spiro atoms. The molecule has 0 bridgehead atoms. The number of carboxylic acid groups (broad SMARTS) is 1. The molecule has 0 saturated carbocycles. The summed E-state index contributed by atoms with van der Waals surface area (Å²) in [6.07, 6.45) is -1.41. The predicted octanol–water partition coefficient (Wildman–Crippen LogP) is 4.68. The van der Waals surface area contributed by atoms with Crippen LogP contribution < -0.4 is 4.31 Å². The highest BCUT2D eigenvalue weighted by Crippen LogP contribution is 2.41. The second-order valence-corrected chi connectivity index (χ2v) is 5.82. The van der Waals surface area contributed by atoms with Gasteiger partial charge in [-0.2, -0.15) is 4.39 Å². The summed E-state index contributed by atoms with van der Waals surface area (Å²) >= 11 is 16.0. The van der Waals surface area contributed by atoms with Gasteiger partial charge in [0.1, 0.15) is 0 Å². The smallest absolute Gasteiger partial charge is 0.422 e. The fourth-order valence-corrected chi connectivity index (χ4v) is 2.01. The van der Waals surface area contributed by atoms with Crippen molar-refractivity contribution in [1.82, 2.24) is 0 Å². The standard InChI is InChI=1S/C8H5Cl3FNO2S.FH/c9-5-2-1-3-6(4-5)13(7(14)15)16-8(10,11)12;/h1-4H,(H,14,15);1H. The Morgan fingerprint density at radius 3 is 2.47 bits per heavy atom. The minimum Gasteiger partial charge on any atom is -0.464 e. The van der Waals surface area contributed by atoms with E-state index in [1.807, 2.05) is 0 Å². The number of carbonyl (C=O) groups is 1. The first-order valence-corrected chi connectivity index (χ1v) is 5.75. The zero-order valence-corrected chi connectivity index (χ0v) is 11.0. The lowest BCUT2D eigenvalue weighted by Gasteiger charge is -2.20. The van der Waals surface area contributed by atoms with Crippen LogP contribution in [0.25, 0.3) is 0 Å². The van der Waals surface area contributed by atoms with Crippen molar-refractivity contribution < 1.29 is 19.0 Å². The van der Waals surface area contributed by atoms with Gasteiger partial charge in [-0.1, -0.05) is 40.9 Å². The van der Waals surface area contributed by atoms with Crippen LogP contribution in [0.4, 0.5) is 19.6 Å². The van der Waals surface area contributed by atoms with E-state index in [9.17, 15) is 9.18 Å². The van der Waals surface area contributed by atoms with Crippen LogP contribution in [0, 0.1) is 0 Å². The number of amides is 1. The van der Waals surface area contributed by atoms with Crippen LogP contribution in [0.5, 0.6) is 0 Å². The Hall–Kier alpha value is -0.430. The molecule has 0 aromatic heterocycles. The summed E-state index contributed by atoms with van der Waals surface area (Å²) in [4.78, 5) is 10.9. The molecular weight excluding hydrogens is 319 g/mol. The van der Waals surface area contributed by atoms with Gasteiger partial charge in [0.15, 0.2) is 0 Å². The molecule has 1 N–H and O–H groups in total. The number of rotatable bonds is 3. The molecular formula is C8H6Cl3F2NO2S. The van der Waals surface area contributed by atoms with Crippen molar-refractivity contribution in [2.45, 2.75) is 3.92 Å². The van der Waals surface area contributed by atoms with Gasteiger partial charge in [0.05, 0.1) is 5.69 Å². The van der Waals surface area contributed by atoms with Gasteiger partial charge in [0, 0.05) is 17.0 Å². The van der Waals surface area contributed by atoms with Gasteiger partial charge in [-0.25, -0.2) is 9.10 Å². The second kappa shape index (κ2) is 6.49. The van der Waals surface area contributed by atoms with Crippen molar-refractivity contribution in [3.05, 3.63) is 29.3 Å². The molecule has 0 aliphatic rings. The molecule has 0 radical (unpaired) electrons. The lowest BCUT2D eigenvalue weighted by atomic mass is 10.3. The number of hydrogen-bond donors (Lipinski definition) is 1. The molecule has 1 aromatic rings. The average Bonchev–Trinajstić information content (AvgIpc) is 2.12. The molecule has 0 aliphatic carbocycles. The van der Waals surface area contributed by atoms with E-state index in [2.05, 4.69) is 0 Å². The number of alkyl halides is 3. The number of benzene rings is 1. The van der Waals surface area contributed by atoms with Gasteiger partial charge in [0.25, 0.3) is 0 Å². The Morgan fingerprint density at radius 2 is 2.06 bits per heavy atom. The molecule has 1 amide bonds. The average molecular weight is 325 g/mol.